The zero-order chi connectivity index (χ0) is 33.4. The number of anilines is 2. The first-order chi connectivity index (χ1) is 23.3. The number of amides is 2. The van der Waals surface area contributed by atoms with Crippen LogP contribution in [0.1, 0.15) is 31.8 Å². The van der Waals surface area contributed by atoms with E-state index in [1.165, 1.54) is 5.56 Å². The molecule has 7 nitrogen and oxygen atoms in total. The fourth-order valence-corrected chi connectivity index (χ4v) is 6.85. The molecule has 2 heterocycles. The number of fused-ring (bicyclic) bond motifs is 2. The van der Waals surface area contributed by atoms with Crippen molar-refractivity contribution in [2.24, 2.45) is 0 Å². The third-order valence-electron chi connectivity index (χ3n) is 8.91. The summed E-state index contributed by atoms with van der Waals surface area (Å²) in [5.74, 6) is -0.238. The maximum absolute atomic E-state index is 14.6. The number of likely N-dealkylation sites (N-methyl/N-ethyl adjacent to an activating group) is 1. The van der Waals surface area contributed by atoms with Crippen LogP contribution in [0.4, 0.5) is 11.4 Å². The second kappa shape index (κ2) is 13.0. The average molecular weight is 655 g/mol. The van der Waals surface area contributed by atoms with Gasteiger partial charge in [-0.25, -0.2) is 0 Å². The molecule has 0 unspecified atom stereocenters. The van der Waals surface area contributed by atoms with Crippen molar-refractivity contribution in [1.29, 1.82) is 0 Å². The van der Waals surface area contributed by atoms with Gasteiger partial charge in [0, 0.05) is 47.1 Å². The quantitative estimate of drug-likeness (QED) is 0.189. The predicted octanol–water partition coefficient (Wildman–Crippen LogP) is 8.10. The molecule has 0 aliphatic carbocycles. The lowest BCUT2D eigenvalue weighted by atomic mass is 9.93. The summed E-state index contributed by atoms with van der Waals surface area (Å²) in [4.78, 5) is 35.0. The maximum Gasteiger partial charge on any atom is 0.265 e. The van der Waals surface area contributed by atoms with Crippen LogP contribution in [0.25, 0.3) is 16.6 Å². The monoisotopic (exact) mass is 654 g/mol. The normalized spacial score (nSPS) is 14.2. The van der Waals surface area contributed by atoms with E-state index in [2.05, 4.69) is 23.1 Å². The minimum Gasteiger partial charge on any atom is -0.508 e. The van der Waals surface area contributed by atoms with Crippen LogP contribution in [0, 0.1) is 0 Å². The largest absolute Gasteiger partial charge is 0.508 e. The molecule has 240 valence electrons. The van der Waals surface area contributed by atoms with E-state index in [4.69, 9.17) is 11.6 Å². The Hall–Kier alpha value is -5.37. The number of aromatic nitrogens is 1. The van der Waals surface area contributed by atoms with E-state index in [-0.39, 0.29) is 23.6 Å². The van der Waals surface area contributed by atoms with Gasteiger partial charge in [0.1, 0.15) is 5.75 Å². The molecule has 1 N–H and O–H groups in total. The topological polar surface area (TPSA) is 69.0 Å². The molecule has 0 saturated heterocycles. The number of phenols is 1. The number of hydrogen-bond donors (Lipinski definition) is 1. The van der Waals surface area contributed by atoms with Crippen molar-refractivity contribution in [3.05, 3.63) is 155 Å². The zero-order valence-electron chi connectivity index (χ0n) is 26.8. The molecule has 0 spiro atoms. The third kappa shape index (κ3) is 5.94. The first-order valence-electron chi connectivity index (χ1n) is 15.9. The number of hydrogen-bond acceptors (Lipinski definition) is 4. The smallest absolute Gasteiger partial charge is 0.265 e. The van der Waals surface area contributed by atoms with E-state index in [0.29, 0.717) is 39.8 Å². The van der Waals surface area contributed by atoms with Gasteiger partial charge in [-0.1, -0.05) is 72.3 Å². The SMILES string of the molecule is CN(C)C[C@@H]1Cc2ccccc2CN1C(=O)c1ccc(Cl)cc1-n1cc(C(=O)N(c2ccccc2)c2ccc(O)cc2)c2ccccc21. The van der Waals surface area contributed by atoms with Gasteiger partial charge in [0.15, 0.2) is 0 Å². The Morgan fingerprint density at radius 2 is 1.46 bits per heavy atom. The highest BCUT2D eigenvalue weighted by Crippen LogP contribution is 2.35. The molecule has 1 atom stereocenters. The van der Waals surface area contributed by atoms with E-state index in [9.17, 15) is 14.7 Å². The molecule has 8 heteroatoms. The molecule has 7 rings (SSSR count). The van der Waals surface area contributed by atoms with Crippen LogP contribution in [0.2, 0.25) is 5.02 Å². The van der Waals surface area contributed by atoms with Crippen LogP contribution in [-0.4, -0.2) is 58.0 Å². The lowest BCUT2D eigenvalue weighted by Crippen LogP contribution is -2.49. The Kier molecular flexibility index (Phi) is 8.48. The minimum atomic E-state index is -0.254. The van der Waals surface area contributed by atoms with E-state index in [1.807, 2.05) is 84.2 Å². The Bertz CT molecular complexity index is 2120. The number of para-hydroxylation sites is 2. The molecular formula is C40H35ClN4O3. The van der Waals surface area contributed by atoms with E-state index < -0.39 is 0 Å². The number of halogens is 1. The first-order valence-corrected chi connectivity index (χ1v) is 16.3. The van der Waals surface area contributed by atoms with Gasteiger partial charge in [-0.2, -0.15) is 0 Å². The van der Waals surface area contributed by atoms with Crippen molar-refractivity contribution in [2.75, 3.05) is 25.5 Å². The van der Waals surface area contributed by atoms with Gasteiger partial charge in [0.25, 0.3) is 11.8 Å². The van der Waals surface area contributed by atoms with Crippen molar-refractivity contribution in [1.82, 2.24) is 14.4 Å². The lowest BCUT2D eigenvalue weighted by molar-refractivity contribution is 0.0606. The predicted molar refractivity (Wildman–Crippen MR) is 192 cm³/mol. The molecule has 1 aliphatic rings. The number of phenolic OH excluding ortho intramolecular Hbond substituents is 1. The molecule has 5 aromatic carbocycles. The van der Waals surface area contributed by atoms with Gasteiger partial charge in [-0.15, -0.1) is 0 Å². The van der Waals surface area contributed by atoms with Crippen LogP contribution >= 0.6 is 11.6 Å². The van der Waals surface area contributed by atoms with Crippen LogP contribution in [0.3, 0.4) is 0 Å². The number of nitrogens with zero attached hydrogens (tertiary/aromatic N) is 4. The second-order valence-corrected chi connectivity index (χ2v) is 12.8. The highest BCUT2D eigenvalue weighted by Gasteiger charge is 2.33. The van der Waals surface area contributed by atoms with Crippen molar-refractivity contribution in [2.45, 2.75) is 19.0 Å². The average Bonchev–Trinajstić information content (AvgIpc) is 3.48. The van der Waals surface area contributed by atoms with Crippen LogP contribution in [0.5, 0.6) is 5.75 Å². The zero-order valence-corrected chi connectivity index (χ0v) is 27.5. The Morgan fingerprint density at radius 3 is 2.21 bits per heavy atom. The van der Waals surface area contributed by atoms with Gasteiger partial charge < -0.3 is 19.5 Å². The molecule has 48 heavy (non-hydrogen) atoms. The highest BCUT2D eigenvalue weighted by atomic mass is 35.5. The lowest BCUT2D eigenvalue weighted by Gasteiger charge is -2.38. The van der Waals surface area contributed by atoms with Crippen LogP contribution < -0.4 is 4.90 Å². The molecule has 1 aromatic heterocycles. The molecule has 1 aliphatic heterocycles. The van der Waals surface area contributed by atoms with Crippen molar-refractivity contribution < 1.29 is 14.7 Å². The summed E-state index contributed by atoms with van der Waals surface area (Å²) in [5, 5.41) is 11.2. The summed E-state index contributed by atoms with van der Waals surface area (Å²) in [7, 11) is 4.05. The molecular weight excluding hydrogens is 620 g/mol. The van der Waals surface area contributed by atoms with Gasteiger partial charge in [-0.3, -0.25) is 14.5 Å². The van der Waals surface area contributed by atoms with Gasteiger partial charge >= 0.3 is 0 Å². The van der Waals surface area contributed by atoms with E-state index in [1.54, 1.807) is 53.6 Å². The Morgan fingerprint density at radius 1 is 0.792 bits per heavy atom. The van der Waals surface area contributed by atoms with E-state index in [0.717, 1.165) is 29.4 Å². The number of carbonyl (C=O) groups excluding carboxylic acids is 2. The maximum atomic E-state index is 14.6. The number of benzene rings is 5. The van der Waals surface area contributed by atoms with Gasteiger partial charge in [0.05, 0.1) is 22.3 Å². The minimum absolute atomic E-state index is 0.0192. The van der Waals surface area contributed by atoms with Crippen LogP contribution in [-0.2, 0) is 13.0 Å². The molecule has 0 radical (unpaired) electrons. The van der Waals surface area contributed by atoms with Crippen molar-refractivity contribution >= 4 is 45.7 Å². The summed E-state index contributed by atoms with van der Waals surface area (Å²) in [6, 6.07) is 37.3. The molecule has 6 aromatic rings. The number of carbonyl (C=O) groups is 2. The highest BCUT2D eigenvalue weighted by molar-refractivity contribution is 6.31. The summed E-state index contributed by atoms with van der Waals surface area (Å²) in [6.07, 6.45) is 2.56. The van der Waals surface area contributed by atoms with Gasteiger partial charge in [0.2, 0.25) is 0 Å². The number of aromatic hydroxyl groups is 1. The summed E-state index contributed by atoms with van der Waals surface area (Å²) in [5.41, 5.74) is 6.02. The van der Waals surface area contributed by atoms with Crippen molar-refractivity contribution in [3.8, 4) is 11.4 Å². The molecule has 2 amide bonds. The van der Waals surface area contributed by atoms with Crippen molar-refractivity contribution in [3.63, 3.8) is 0 Å². The molecule has 0 bridgehead atoms. The van der Waals surface area contributed by atoms with Crippen LogP contribution in [0.15, 0.2) is 128 Å². The fourth-order valence-electron chi connectivity index (χ4n) is 6.68. The van der Waals surface area contributed by atoms with Gasteiger partial charge in [-0.05, 0) is 92.3 Å². The summed E-state index contributed by atoms with van der Waals surface area (Å²) in [6.45, 7) is 1.23. The third-order valence-corrected chi connectivity index (χ3v) is 9.14. The standard InChI is InChI=1S/C40H35ClN4O3/c1-42(2)25-32-22-27-10-6-7-11-28(27)24-43(32)39(47)35-21-16-29(41)23-38(35)44-26-36(34-14-8-9-15-37(34)44)40(48)45(30-12-4-3-5-13-30)31-17-19-33(46)20-18-31/h3-21,23,26,32,46H,22,24-25H2,1-2H3/t32-/m0/s1. The molecule has 0 saturated carbocycles. The Labute approximate surface area is 284 Å². The second-order valence-electron chi connectivity index (χ2n) is 12.4. The molecule has 0 fully saturated rings. The Balaban J connectivity index is 1.35. The first kappa shape index (κ1) is 31.2. The summed E-state index contributed by atoms with van der Waals surface area (Å²) < 4.78 is 1.90. The van der Waals surface area contributed by atoms with E-state index >= 15 is 0 Å². The fraction of sp³-hybridized carbons (Fsp3) is 0.150. The summed E-state index contributed by atoms with van der Waals surface area (Å²) >= 11 is 6.62. The number of rotatable bonds is 7.